The van der Waals surface area contributed by atoms with Crippen LogP contribution < -0.4 is 27.4 Å². The van der Waals surface area contributed by atoms with Crippen LogP contribution >= 0.6 is 11.8 Å². The zero-order valence-corrected chi connectivity index (χ0v) is 18.4. The first-order valence-electron chi connectivity index (χ1n) is 9.66. The summed E-state index contributed by atoms with van der Waals surface area (Å²) < 4.78 is 0. The van der Waals surface area contributed by atoms with Crippen LogP contribution in [0.3, 0.4) is 0 Å². The van der Waals surface area contributed by atoms with E-state index in [1.54, 1.807) is 18.7 Å². The highest BCUT2D eigenvalue weighted by molar-refractivity contribution is 7.98. The van der Waals surface area contributed by atoms with Gasteiger partial charge in [0.05, 0.1) is 6.04 Å². The largest absolute Gasteiger partial charge is 0.480 e. The van der Waals surface area contributed by atoms with Crippen LogP contribution in [0, 0.1) is 5.92 Å². The first-order valence-corrected chi connectivity index (χ1v) is 11.1. The lowest BCUT2D eigenvalue weighted by Crippen LogP contribution is -2.58. The molecule has 0 radical (unpaired) electrons. The minimum atomic E-state index is -1.26. The molecule has 8 N–H and O–H groups in total. The maximum atomic E-state index is 12.8. The number of nitrogens with two attached hydrogens (primary N) is 2. The van der Waals surface area contributed by atoms with Gasteiger partial charge in [-0.2, -0.15) is 11.8 Å². The number of rotatable bonds is 15. The Bertz CT molecular complexity index is 618. The van der Waals surface area contributed by atoms with Gasteiger partial charge in [-0.25, -0.2) is 0 Å². The Labute approximate surface area is 180 Å². The van der Waals surface area contributed by atoms with Crippen molar-refractivity contribution >= 4 is 41.4 Å². The van der Waals surface area contributed by atoms with Crippen molar-refractivity contribution in [2.45, 2.75) is 57.7 Å². The van der Waals surface area contributed by atoms with Crippen LogP contribution in [0.25, 0.3) is 0 Å². The van der Waals surface area contributed by atoms with Crippen LogP contribution in [-0.4, -0.2) is 71.4 Å². The molecule has 0 aliphatic carbocycles. The minimum Gasteiger partial charge on any atom is -0.480 e. The molecule has 12 heteroatoms. The molecule has 0 aliphatic heterocycles. The van der Waals surface area contributed by atoms with Crippen molar-refractivity contribution in [3.8, 4) is 0 Å². The van der Waals surface area contributed by atoms with E-state index in [9.17, 15) is 24.0 Å². The van der Waals surface area contributed by atoms with Gasteiger partial charge in [0.25, 0.3) is 0 Å². The highest BCUT2D eigenvalue weighted by atomic mass is 32.2. The third-order valence-electron chi connectivity index (χ3n) is 4.49. The highest BCUT2D eigenvalue weighted by Crippen LogP contribution is 2.10. The second-order valence-corrected chi connectivity index (χ2v) is 7.92. The summed E-state index contributed by atoms with van der Waals surface area (Å²) >= 11 is 1.55. The molecule has 0 saturated heterocycles. The van der Waals surface area contributed by atoms with Crippen LogP contribution in [0.4, 0.5) is 0 Å². The Hall–Kier alpha value is -2.34. The Kier molecular flexibility index (Phi) is 13.5. The molecule has 4 unspecified atom stereocenters. The number of carboxylic acid groups (broad SMARTS) is 1. The third kappa shape index (κ3) is 11.0. The van der Waals surface area contributed by atoms with E-state index in [0.29, 0.717) is 18.6 Å². The Morgan fingerprint density at radius 2 is 1.67 bits per heavy atom. The maximum absolute atomic E-state index is 12.8. The number of amides is 4. The van der Waals surface area contributed by atoms with Gasteiger partial charge in [0.2, 0.25) is 23.6 Å². The van der Waals surface area contributed by atoms with Crippen molar-refractivity contribution in [2.24, 2.45) is 17.4 Å². The summed E-state index contributed by atoms with van der Waals surface area (Å²) in [6.45, 7) is 2.97. The standard InChI is InChI=1S/C18H33N5O6S/c1-4-10(2)15(23-16(27)11(19)7-8-30-3)18(29)22-12(5-6-13(20)24)17(28)21-9-14(25)26/h10-12,15H,4-9,19H2,1-3H3,(H2,20,24)(H,21,28)(H,22,29)(H,23,27)(H,25,26). The molecule has 11 nitrogen and oxygen atoms in total. The number of hydrogen-bond acceptors (Lipinski definition) is 7. The lowest BCUT2D eigenvalue weighted by molar-refractivity contribution is -0.139. The van der Waals surface area contributed by atoms with E-state index in [-0.39, 0.29) is 18.8 Å². The Morgan fingerprint density at radius 1 is 1.03 bits per heavy atom. The van der Waals surface area contributed by atoms with E-state index in [1.807, 2.05) is 13.2 Å². The number of carboxylic acids is 1. The van der Waals surface area contributed by atoms with Gasteiger partial charge in [-0.3, -0.25) is 24.0 Å². The van der Waals surface area contributed by atoms with Crippen LogP contribution in [0.1, 0.15) is 39.5 Å². The molecule has 30 heavy (non-hydrogen) atoms. The fraction of sp³-hybridized carbons (Fsp3) is 0.722. The number of carbonyl (C=O) groups is 5. The van der Waals surface area contributed by atoms with Gasteiger partial charge in [0.1, 0.15) is 18.6 Å². The van der Waals surface area contributed by atoms with E-state index in [1.165, 1.54) is 0 Å². The van der Waals surface area contributed by atoms with Gasteiger partial charge in [0.15, 0.2) is 0 Å². The summed E-state index contributed by atoms with van der Waals surface area (Å²) in [5.74, 6) is -3.38. The highest BCUT2D eigenvalue weighted by Gasteiger charge is 2.31. The lowest BCUT2D eigenvalue weighted by atomic mass is 9.97. The van der Waals surface area contributed by atoms with Crippen molar-refractivity contribution in [1.29, 1.82) is 0 Å². The Morgan fingerprint density at radius 3 is 2.17 bits per heavy atom. The van der Waals surface area contributed by atoms with Gasteiger partial charge >= 0.3 is 5.97 Å². The molecule has 0 aliphatic rings. The molecule has 0 rings (SSSR count). The predicted molar refractivity (Wildman–Crippen MR) is 113 cm³/mol. The van der Waals surface area contributed by atoms with Gasteiger partial charge in [0, 0.05) is 6.42 Å². The normalized spacial score (nSPS) is 14.7. The molecule has 0 aromatic carbocycles. The third-order valence-corrected chi connectivity index (χ3v) is 5.13. The van der Waals surface area contributed by atoms with Crippen molar-refractivity contribution in [2.75, 3.05) is 18.6 Å². The summed E-state index contributed by atoms with van der Waals surface area (Å²) in [5.41, 5.74) is 11.0. The predicted octanol–water partition coefficient (Wildman–Crippen LogP) is -1.45. The second-order valence-electron chi connectivity index (χ2n) is 6.94. The fourth-order valence-corrected chi connectivity index (χ4v) is 2.93. The van der Waals surface area contributed by atoms with E-state index in [2.05, 4.69) is 16.0 Å². The number of nitrogens with one attached hydrogen (secondary N) is 3. The number of hydrogen-bond donors (Lipinski definition) is 6. The second kappa shape index (κ2) is 14.6. The molecule has 0 aromatic rings. The molecule has 172 valence electrons. The molecule has 0 aromatic heterocycles. The number of aliphatic carboxylic acids is 1. The number of primary amides is 1. The molecule has 0 heterocycles. The van der Waals surface area contributed by atoms with Gasteiger partial charge in [-0.15, -0.1) is 0 Å². The molecule has 4 amide bonds. The van der Waals surface area contributed by atoms with E-state index >= 15 is 0 Å². The molecule has 0 saturated carbocycles. The number of thioether (sulfide) groups is 1. The monoisotopic (exact) mass is 447 g/mol. The SMILES string of the molecule is CCC(C)C(NC(=O)C(N)CCSC)C(=O)NC(CCC(N)=O)C(=O)NCC(=O)O. The summed E-state index contributed by atoms with van der Waals surface area (Å²) in [7, 11) is 0. The molecule has 4 atom stereocenters. The fourth-order valence-electron chi connectivity index (χ4n) is 2.44. The summed E-state index contributed by atoms with van der Waals surface area (Å²) in [6, 6.07) is -2.91. The van der Waals surface area contributed by atoms with E-state index in [0.717, 1.165) is 0 Å². The zero-order chi connectivity index (χ0) is 23.3. The molecule has 0 bridgehead atoms. The first kappa shape index (κ1) is 27.7. The molecule has 0 spiro atoms. The summed E-state index contributed by atoms with van der Waals surface area (Å²) in [5, 5.41) is 16.0. The van der Waals surface area contributed by atoms with Gasteiger partial charge in [-0.05, 0) is 30.8 Å². The van der Waals surface area contributed by atoms with Crippen molar-refractivity contribution in [1.82, 2.24) is 16.0 Å². The topological polar surface area (TPSA) is 194 Å². The van der Waals surface area contributed by atoms with Crippen molar-refractivity contribution in [3.05, 3.63) is 0 Å². The van der Waals surface area contributed by atoms with Crippen LogP contribution in [-0.2, 0) is 24.0 Å². The average molecular weight is 448 g/mol. The minimum absolute atomic E-state index is 0.110. The first-order chi connectivity index (χ1) is 14.0. The smallest absolute Gasteiger partial charge is 0.322 e. The zero-order valence-electron chi connectivity index (χ0n) is 17.6. The average Bonchev–Trinajstić information content (AvgIpc) is 2.69. The lowest BCUT2D eigenvalue weighted by Gasteiger charge is -2.27. The van der Waals surface area contributed by atoms with Gasteiger partial charge < -0.3 is 32.5 Å². The van der Waals surface area contributed by atoms with Crippen molar-refractivity contribution in [3.63, 3.8) is 0 Å². The molecular weight excluding hydrogens is 414 g/mol. The molecular formula is C18H33N5O6S. The van der Waals surface area contributed by atoms with Gasteiger partial charge in [-0.1, -0.05) is 20.3 Å². The van der Waals surface area contributed by atoms with Crippen LogP contribution in [0.5, 0.6) is 0 Å². The number of carbonyl (C=O) groups excluding carboxylic acids is 4. The van der Waals surface area contributed by atoms with E-state index < -0.39 is 54.3 Å². The Balaban J connectivity index is 5.29. The van der Waals surface area contributed by atoms with Crippen LogP contribution in [0.2, 0.25) is 0 Å². The summed E-state index contributed by atoms with van der Waals surface area (Å²) in [6.07, 6.45) is 2.60. The van der Waals surface area contributed by atoms with E-state index in [4.69, 9.17) is 16.6 Å². The van der Waals surface area contributed by atoms with Crippen molar-refractivity contribution < 1.29 is 29.1 Å². The van der Waals surface area contributed by atoms with Crippen LogP contribution in [0.15, 0.2) is 0 Å². The maximum Gasteiger partial charge on any atom is 0.322 e. The molecule has 0 fully saturated rings. The summed E-state index contributed by atoms with van der Waals surface area (Å²) in [4.78, 5) is 59.2. The quantitative estimate of drug-likeness (QED) is 0.175.